The first kappa shape index (κ1) is 13.3. The minimum absolute atomic E-state index is 0.0880. The molecule has 5 heteroatoms. The minimum atomic E-state index is -0.0880. The maximum Gasteiger partial charge on any atom is 0.254 e. The Kier molecular flexibility index (Phi) is 4.30. The number of nitrogens with zero attached hydrogens (tertiary/aromatic N) is 2. The van der Waals surface area contributed by atoms with Crippen LogP contribution in [-0.2, 0) is 0 Å². The van der Waals surface area contributed by atoms with E-state index in [1.54, 1.807) is 10.9 Å². The van der Waals surface area contributed by atoms with Crippen molar-refractivity contribution in [2.45, 2.75) is 6.92 Å². The van der Waals surface area contributed by atoms with Crippen molar-refractivity contribution in [3.8, 4) is 5.69 Å². The van der Waals surface area contributed by atoms with E-state index in [1.807, 2.05) is 44.3 Å². The van der Waals surface area contributed by atoms with Gasteiger partial charge in [-0.05, 0) is 26.1 Å². The zero-order chi connectivity index (χ0) is 13.7. The molecule has 0 atom stereocenters. The number of carbonyl (C=O) groups excluding carboxylic acids is 1. The van der Waals surface area contributed by atoms with E-state index in [2.05, 4.69) is 15.7 Å². The lowest BCUT2D eigenvalue weighted by Gasteiger charge is -2.02. The molecular formula is C14H18N4O. The van der Waals surface area contributed by atoms with Crippen LogP contribution < -0.4 is 10.6 Å². The summed E-state index contributed by atoms with van der Waals surface area (Å²) >= 11 is 0. The third kappa shape index (κ3) is 3.20. The highest BCUT2D eigenvalue weighted by atomic mass is 16.1. The van der Waals surface area contributed by atoms with Gasteiger partial charge >= 0.3 is 0 Å². The van der Waals surface area contributed by atoms with Crippen LogP contribution in [-0.4, -0.2) is 35.8 Å². The zero-order valence-corrected chi connectivity index (χ0v) is 11.2. The standard InChI is InChI=1S/C14H18N4O/c1-11-13(14(19)16-9-8-15-2)10-18(17-11)12-6-4-3-5-7-12/h3-7,10,15H,8-9H2,1-2H3,(H,16,19). The smallest absolute Gasteiger partial charge is 0.254 e. The normalized spacial score (nSPS) is 10.4. The number of carbonyl (C=O) groups is 1. The van der Waals surface area contributed by atoms with Gasteiger partial charge in [0.1, 0.15) is 0 Å². The molecular weight excluding hydrogens is 240 g/mol. The summed E-state index contributed by atoms with van der Waals surface area (Å²) in [4.78, 5) is 12.0. The molecule has 100 valence electrons. The summed E-state index contributed by atoms with van der Waals surface area (Å²) in [6.07, 6.45) is 1.76. The third-order valence-electron chi connectivity index (χ3n) is 2.82. The van der Waals surface area contributed by atoms with Gasteiger partial charge in [0.05, 0.1) is 16.9 Å². The SMILES string of the molecule is CNCCNC(=O)c1cn(-c2ccccc2)nc1C. The molecule has 0 saturated carbocycles. The summed E-state index contributed by atoms with van der Waals surface area (Å²) in [7, 11) is 1.85. The number of hydrogen-bond donors (Lipinski definition) is 2. The number of likely N-dealkylation sites (N-methyl/N-ethyl adjacent to an activating group) is 1. The van der Waals surface area contributed by atoms with Crippen LogP contribution in [0.2, 0.25) is 0 Å². The van der Waals surface area contributed by atoms with Crippen molar-refractivity contribution in [2.24, 2.45) is 0 Å². The second kappa shape index (κ2) is 6.15. The van der Waals surface area contributed by atoms with Gasteiger partial charge in [-0.3, -0.25) is 4.79 Å². The van der Waals surface area contributed by atoms with E-state index in [9.17, 15) is 4.79 Å². The molecule has 1 aromatic heterocycles. The summed E-state index contributed by atoms with van der Waals surface area (Å²) in [6, 6.07) is 9.74. The molecule has 0 bridgehead atoms. The molecule has 0 fully saturated rings. The molecule has 19 heavy (non-hydrogen) atoms. The van der Waals surface area contributed by atoms with E-state index in [0.29, 0.717) is 12.1 Å². The Morgan fingerprint density at radius 2 is 2.00 bits per heavy atom. The predicted molar refractivity (Wildman–Crippen MR) is 74.6 cm³/mol. The molecule has 0 unspecified atom stereocenters. The average molecular weight is 258 g/mol. The van der Waals surface area contributed by atoms with Crippen LogP contribution in [0.25, 0.3) is 5.69 Å². The first-order chi connectivity index (χ1) is 9.22. The summed E-state index contributed by atoms with van der Waals surface area (Å²) in [5.41, 5.74) is 2.28. The number of para-hydroxylation sites is 1. The van der Waals surface area contributed by atoms with Crippen LogP contribution in [0.4, 0.5) is 0 Å². The van der Waals surface area contributed by atoms with Crippen molar-refractivity contribution < 1.29 is 4.79 Å². The first-order valence-corrected chi connectivity index (χ1v) is 6.27. The summed E-state index contributed by atoms with van der Waals surface area (Å²) < 4.78 is 1.72. The van der Waals surface area contributed by atoms with Gasteiger partial charge in [-0.1, -0.05) is 18.2 Å². The van der Waals surface area contributed by atoms with E-state index in [0.717, 1.165) is 17.9 Å². The molecule has 0 aliphatic carbocycles. The van der Waals surface area contributed by atoms with Crippen molar-refractivity contribution >= 4 is 5.91 Å². The molecule has 0 radical (unpaired) electrons. The lowest BCUT2D eigenvalue weighted by Crippen LogP contribution is -2.30. The van der Waals surface area contributed by atoms with Crippen LogP contribution in [0.3, 0.4) is 0 Å². The van der Waals surface area contributed by atoms with Crippen molar-refractivity contribution in [3.05, 3.63) is 47.8 Å². The van der Waals surface area contributed by atoms with E-state index >= 15 is 0 Å². The minimum Gasteiger partial charge on any atom is -0.351 e. The Labute approximate surface area is 112 Å². The Bertz CT molecular complexity index is 548. The molecule has 5 nitrogen and oxygen atoms in total. The predicted octanol–water partition coefficient (Wildman–Crippen LogP) is 1.13. The fourth-order valence-electron chi connectivity index (χ4n) is 1.79. The Morgan fingerprint density at radius 3 is 2.68 bits per heavy atom. The number of nitrogens with one attached hydrogen (secondary N) is 2. The Balaban J connectivity index is 2.15. The van der Waals surface area contributed by atoms with E-state index in [1.165, 1.54) is 0 Å². The molecule has 1 heterocycles. The maximum atomic E-state index is 12.0. The lowest BCUT2D eigenvalue weighted by molar-refractivity contribution is 0.0953. The van der Waals surface area contributed by atoms with Crippen LogP contribution in [0, 0.1) is 6.92 Å². The monoisotopic (exact) mass is 258 g/mol. The second-order valence-electron chi connectivity index (χ2n) is 4.27. The van der Waals surface area contributed by atoms with Gasteiger partial charge in [0.2, 0.25) is 0 Å². The molecule has 0 spiro atoms. The molecule has 0 saturated heterocycles. The number of rotatable bonds is 5. The number of hydrogen-bond acceptors (Lipinski definition) is 3. The summed E-state index contributed by atoms with van der Waals surface area (Å²) in [6.45, 7) is 3.19. The highest BCUT2D eigenvalue weighted by Gasteiger charge is 2.13. The fourth-order valence-corrected chi connectivity index (χ4v) is 1.79. The molecule has 0 aliphatic rings. The third-order valence-corrected chi connectivity index (χ3v) is 2.82. The number of aryl methyl sites for hydroxylation is 1. The van der Waals surface area contributed by atoms with Gasteiger partial charge in [-0.15, -0.1) is 0 Å². The van der Waals surface area contributed by atoms with Crippen LogP contribution >= 0.6 is 0 Å². The van der Waals surface area contributed by atoms with Gasteiger partial charge < -0.3 is 10.6 Å². The number of benzene rings is 1. The molecule has 1 aromatic carbocycles. The number of aromatic nitrogens is 2. The average Bonchev–Trinajstić information content (AvgIpc) is 2.82. The molecule has 1 amide bonds. The van der Waals surface area contributed by atoms with E-state index in [-0.39, 0.29) is 5.91 Å². The fraction of sp³-hybridized carbons (Fsp3) is 0.286. The summed E-state index contributed by atoms with van der Waals surface area (Å²) in [5, 5.41) is 10.2. The zero-order valence-electron chi connectivity index (χ0n) is 11.2. The molecule has 2 rings (SSSR count). The van der Waals surface area contributed by atoms with E-state index in [4.69, 9.17) is 0 Å². The van der Waals surface area contributed by atoms with Crippen LogP contribution in [0.1, 0.15) is 16.1 Å². The van der Waals surface area contributed by atoms with Crippen molar-refractivity contribution in [1.29, 1.82) is 0 Å². The van der Waals surface area contributed by atoms with Crippen LogP contribution in [0.15, 0.2) is 36.5 Å². The maximum absolute atomic E-state index is 12.0. The second-order valence-corrected chi connectivity index (χ2v) is 4.27. The lowest BCUT2D eigenvalue weighted by atomic mass is 10.2. The Morgan fingerprint density at radius 1 is 1.26 bits per heavy atom. The summed E-state index contributed by atoms with van der Waals surface area (Å²) in [5.74, 6) is -0.0880. The van der Waals surface area contributed by atoms with Gasteiger partial charge in [0.15, 0.2) is 0 Å². The van der Waals surface area contributed by atoms with Gasteiger partial charge in [0, 0.05) is 19.3 Å². The van der Waals surface area contributed by atoms with Crippen molar-refractivity contribution in [3.63, 3.8) is 0 Å². The molecule has 0 aliphatic heterocycles. The molecule has 2 aromatic rings. The largest absolute Gasteiger partial charge is 0.351 e. The van der Waals surface area contributed by atoms with Gasteiger partial charge in [-0.2, -0.15) is 5.10 Å². The highest BCUT2D eigenvalue weighted by Crippen LogP contribution is 2.11. The van der Waals surface area contributed by atoms with Gasteiger partial charge in [0.25, 0.3) is 5.91 Å². The topological polar surface area (TPSA) is 58.9 Å². The first-order valence-electron chi connectivity index (χ1n) is 6.27. The van der Waals surface area contributed by atoms with Crippen molar-refractivity contribution in [1.82, 2.24) is 20.4 Å². The quantitative estimate of drug-likeness (QED) is 0.790. The Hall–Kier alpha value is -2.14. The molecule has 2 N–H and O–H groups in total. The highest BCUT2D eigenvalue weighted by molar-refractivity contribution is 5.95. The van der Waals surface area contributed by atoms with Gasteiger partial charge in [-0.25, -0.2) is 4.68 Å². The number of amides is 1. The van der Waals surface area contributed by atoms with Crippen molar-refractivity contribution in [2.75, 3.05) is 20.1 Å². The van der Waals surface area contributed by atoms with E-state index < -0.39 is 0 Å². The van der Waals surface area contributed by atoms with Crippen LogP contribution in [0.5, 0.6) is 0 Å².